The predicted octanol–water partition coefficient (Wildman–Crippen LogP) is 5.31. The van der Waals surface area contributed by atoms with Gasteiger partial charge in [-0.15, -0.1) is 0 Å². The molecule has 27 heavy (non-hydrogen) atoms. The summed E-state index contributed by atoms with van der Waals surface area (Å²) in [7, 11) is 1.59. The molecule has 1 unspecified atom stereocenters. The highest BCUT2D eigenvalue weighted by atomic mass is 19.1. The van der Waals surface area contributed by atoms with Gasteiger partial charge in [-0.3, -0.25) is 4.98 Å². The summed E-state index contributed by atoms with van der Waals surface area (Å²) in [6, 6.07) is 8.67. The van der Waals surface area contributed by atoms with Gasteiger partial charge in [-0.1, -0.05) is 13.8 Å². The van der Waals surface area contributed by atoms with E-state index in [1.807, 2.05) is 6.07 Å². The van der Waals surface area contributed by atoms with E-state index < -0.39 is 0 Å². The molecule has 4 nitrogen and oxygen atoms in total. The first-order valence-corrected chi connectivity index (χ1v) is 8.99. The van der Waals surface area contributed by atoms with Crippen LogP contribution < -0.4 is 4.74 Å². The van der Waals surface area contributed by atoms with Gasteiger partial charge in [-0.2, -0.15) is 0 Å². The van der Waals surface area contributed by atoms with E-state index in [1.54, 1.807) is 31.6 Å². The lowest BCUT2D eigenvalue weighted by atomic mass is 9.75. The number of aromatic amines is 1. The Labute approximate surface area is 158 Å². The molecule has 0 saturated heterocycles. The maximum atomic E-state index is 13.8. The van der Waals surface area contributed by atoms with Crippen molar-refractivity contribution in [3.8, 4) is 5.75 Å². The van der Waals surface area contributed by atoms with Crippen molar-refractivity contribution >= 4 is 10.9 Å². The Hall–Kier alpha value is -2.82. The van der Waals surface area contributed by atoms with Gasteiger partial charge in [0.15, 0.2) is 0 Å². The molecule has 3 rings (SSSR count). The zero-order valence-corrected chi connectivity index (χ0v) is 15.9. The maximum absolute atomic E-state index is 13.8. The summed E-state index contributed by atoms with van der Waals surface area (Å²) < 4.78 is 19.3. The van der Waals surface area contributed by atoms with Gasteiger partial charge in [0.2, 0.25) is 0 Å². The van der Waals surface area contributed by atoms with Crippen molar-refractivity contribution in [3.63, 3.8) is 0 Å². The number of nitrogens with zero attached hydrogens (tertiary/aromatic N) is 1. The lowest BCUT2D eigenvalue weighted by molar-refractivity contribution is 0.358. The molecule has 1 atom stereocenters. The summed E-state index contributed by atoms with van der Waals surface area (Å²) in [6.45, 7) is 4.13. The molecule has 0 amide bonds. The number of rotatable bonds is 7. The summed E-state index contributed by atoms with van der Waals surface area (Å²) in [5.41, 5.74) is 2.54. The van der Waals surface area contributed by atoms with Crippen LogP contribution in [0.4, 0.5) is 4.39 Å². The predicted molar refractivity (Wildman–Crippen MR) is 106 cm³/mol. The summed E-state index contributed by atoms with van der Waals surface area (Å²) in [4.78, 5) is 7.51. The van der Waals surface area contributed by atoms with Gasteiger partial charge in [0.05, 0.1) is 25.1 Å². The first-order valence-electron chi connectivity index (χ1n) is 8.99. The number of methoxy groups -OCH3 is 1. The topological polar surface area (TPSA) is 58.1 Å². The Morgan fingerprint density at radius 2 is 2.11 bits per heavy atom. The smallest absolute Gasteiger partial charge is 0.123 e. The van der Waals surface area contributed by atoms with E-state index in [9.17, 15) is 9.50 Å². The van der Waals surface area contributed by atoms with Crippen molar-refractivity contribution < 1.29 is 14.2 Å². The molecule has 1 aromatic carbocycles. The summed E-state index contributed by atoms with van der Waals surface area (Å²) in [5.74, 6) is 0.458. The number of pyridine rings is 1. The molecule has 0 spiro atoms. The second kappa shape index (κ2) is 7.82. The van der Waals surface area contributed by atoms with E-state index in [-0.39, 0.29) is 17.2 Å². The molecule has 2 N–H and O–H groups in total. The Balaban J connectivity index is 1.85. The Bertz CT molecular complexity index is 913. The molecule has 0 saturated carbocycles. The number of hydrogen-bond acceptors (Lipinski definition) is 3. The molecule has 142 valence electrons. The van der Waals surface area contributed by atoms with Crippen molar-refractivity contribution in [1.29, 1.82) is 0 Å². The zero-order valence-electron chi connectivity index (χ0n) is 15.9. The van der Waals surface area contributed by atoms with Gasteiger partial charge < -0.3 is 14.8 Å². The second-order valence-corrected chi connectivity index (χ2v) is 7.50. The number of hydrogen-bond donors (Lipinski definition) is 2. The fraction of sp³-hybridized carbons (Fsp3) is 0.318. The van der Waals surface area contributed by atoms with Crippen molar-refractivity contribution in [2.75, 3.05) is 7.11 Å². The molecule has 0 aliphatic rings. The second-order valence-electron chi connectivity index (χ2n) is 7.50. The molecule has 0 aliphatic carbocycles. The van der Waals surface area contributed by atoms with Crippen LogP contribution in [0.3, 0.4) is 0 Å². The van der Waals surface area contributed by atoms with Crippen LogP contribution in [-0.4, -0.2) is 22.2 Å². The summed E-state index contributed by atoms with van der Waals surface area (Å²) in [5, 5.41) is 10.5. The number of allylic oxidation sites excluding steroid dienone is 1. The van der Waals surface area contributed by atoms with E-state index in [2.05, 4.69) is 29.9 Å². The fourth-order valence-electron chi connectivity index (χ4n) is 3.73. The lowest BCUT2D eigenvalue weighted by Crippen LogP contribution is -2.23. The SMILES string of the molecule is COc1ccc(F)cc1C(C)(C)CC(C=CO)Cc1cc2ccncc2[nH]1. The number of aliphatic hydroxyl groups excluding tert-OH is 1. The summed E-state index contributed by atoms with van der Waals surface area (Å²) in [6.07, 6.45) is 7.90. The minimum absolute atomic E-state index is 0.0685. The largest absolute Gasteiger partial charge is 0.516 e. The Morgan fingerprint density at radius 3 is 2.81 bits per heavy atom. The molecule has 5 heteroatoms. The van der Waals surface area contributed by atoms with Gasteiger partial charge >= 0.3 is 0 Å². The fourth-order valence-corrected chi connectivity index (χ4v) is 3.73. The lowest BCUT2D eigenvalue weighted by Gasteiger charge is -2.30. The molecule has 3 aromatic rings. The van der Waals surface area contributed by atoms with Crippen molar-refractivity contribution in [3.05, 3.63) is 72.1 Å². The molecule has 0 radical (unpaired) electrons. The highest BCUT2D eigenvalue weighted by Crippen LogP contribution is 2.38. The first-order chi connectivity index (χ1) is 12.9. The molecule has 0 bridgehead atoms. The van der Waals surface area contributed by atoms with Crippen LogP contribution in [-0.2, 0) is 11.8 Å². The third kappa shape index (κ3) is 4.30. The monoisotopic (exact) mass is 368 g/mol. The Morgan fingerprint density at radius 1 is 1.30 bits per heavy atom. The minimum Gasteiger partial charge on any atom is -0.516 e. The van der Waals surface area contributed by atoms with Crippen LogP contribution in [0.1, 0.15) is 31.5 Å². The van der Waals surface area contributed by atoms with E-state index in [4.69, 9.17) is 4.74 Å². The maximum Gasteiger partial charge on any atom is 0.123 e. The summed E-state index contributed by atoms with van der Waals surface area (Å²) >= 11 is 0. The molecule has 2 heterocycles. The number of aromatic nitrogens is 2. The van der Waals surface area contributed by atoms with E-state index in [1.165, 1.54) is 12.1 Å². The van der Waals surface area contributed by atoms with Crippen LogP contribution in [0.15, 0.2) is 55.1 Å². The van der Waals surface area contributed by atoms with Crippen LogP contribution in [0.25, 0.3) is 10.9 Å². The average Bonchev–Trinajstić information content (AvgIpc) is 3.03. The van der Waals surface area contributed by atoms with Gasteiger partial charge in [-0.05, 0) is 60.6 Å². The molecule has 0 fully saturated rings. The van der Waals surface area contributed by atoms with Gasteiger partial charge in [0.1, 0.15) is 11.6 Å². The van der Waals surface area contributed by atoms with Gasteiger partial charge in [0.25, 0.3) is 0 Å². The number of fused-ring (bicyclic) bond motifs is 1. The van der Waals surface area contributed by atoms with E-state index >= 15 is 0 Å². The van der Waals surface area contributed by atoms with Crippen LogP contribution in [0.2, 0.25) is 0 Å². The molecule has 0 aliphatic heterocycles. The average molecular weight is 368 g/mol. The highest BCUT2D eigenvalue weighted by Gasteiger charge is 2.28. The normalized spacial score (nSPS) is 13.3. The van der Waals surface area contributed by atoms with Gasteiger partial charge in [-0.25, -0.2) is 4.39 Å². The van der Waals surface area contributed by atoms with Crippen LogP contribution >= 0.6 is 0 Å². The standard InChI is InChI=1S/C22H25FN2O2/c1-22(2,19-12-17(23)4-5-21(19)27-3)13-15(7-9-26)10-18-11-16-6-8-24-14-20(16)25-18/h4-9,11-12,14-15,25-26H,10,13H2,1-3H3. The number of H-pyrrole nitrogens is 1. The molecule has 2 aromatic heterocycles. The number of aliphatic hydroxyl groups is 1. The highest BCUT2D eigenvalue weighted by molar-refractivity contribution is 5.79. The number of ether oxygens (including phenoxy) is 1. The van der Waals surface area contributed by atoms with E-state index in [0.29, 0.717) is 5.75 Å². The minimum atomic E-state index is -0.342. The zero-order chi connectivity index (χ0) is 19.4. The number of benzene rings is 1. The number of nitrogens with one attached hydrogen (secondary N) is 1. The third-order valence-electron chi connectivity index (χ3n) is 4.98. The van der Waals surface area contributed by atoms with Gasteiger partial charge in [0, 0.05) is 22.8 Å². The van der Waals surface area contributed by atoms with Crippen LogP contribution in [0, 0.1) is 11.7 Å². The van der Waals surface area contributed by atoms with Crippen molar-refractivity contribution in [1.82, 2.24) is 9.97 Å². The van der Waals surface area contributed by atoms with Crippen molar-refractivity contribution in [2.24, 2.45) is 5.92 Å². The van der Waals surface area contributed by atoms with E-state index in [0.717, 1.165) is 41.3 Å². The molecular formula is C22H25FN2O2. The first kappa shape index (κ1) is 19.0. The number of halogens is 1. The van der Waals surface area contributed by atoms with Crippen molar-refractivity contribution in [2.45, 2.75) is 32.1 Å². The third-order valence-corrected chi connectivity index (χ3v) is 4.98. The molecular weight excluding hydrogens is 343 g/mol. The van der Waals surface area contributed by atoms with Crippen LogP contribution in [0.5, 0.6) is 5.75 Å². The quantitative estimate of drug-likeness (QED) is 0.556. The Kier molecular flexibility index (Phi) is 5.49.